The fourth-order valence-electron chi connectivity index (χ4n) is 11.2. The second-order valence-corrected chi connectivity index (χ2v) is 28.2. The van der Waals surface area contributed by atoms with Crippen LogP contribution in [0.4, 0.5) is 80.7 Å². The Morgan fingerprint density at radius 3 is 0.777 bits per heavy atom. The zero-order chi connectivity index (χ0) is 86.8. The molecule has 1 saturated heterocycles. The topological polar surface area (TPSA) is 177 Å². The van der Waals surface area contributed by atoms with Gasteiger partial charge in [-0.2, -0.15) is 0 Å². The molecule has 0 atom stereocenters. The summed E-state index contributed by atoms with van der Waals surface area (Å²) >= 11 is 0. The smallest absolute Gasteiger partial charge is 0.418 e. The van der Waals surface area contributed by atoms with Gasteiger partial charge in [-0.3, -0.25) is 49.3 Å². The van der Waals surface area contributed by atoms with Gasteiger partial charge in [0.05, 0.1) is 80.4 Å². The maximum Gasteiger partial charge on any atom is 3.00 e. The van der Waals surface area contributed by atoms with Gasteiger partial charge in [-0.05, 0) is 110 Å². The van der Waals surface area contributed by atoms with E-state index in [4.69, 9.17) is 34.6 Å². The number of aromatic nitrogens is 8. The van der Waals surface area contributed by atoms with Crippen molar-refractivity contribution in [1.29, 1.82) is 0 Å². The number of anilines is 2. The first-order valence-electron chi connectivity index (χ1n) is 37.2. The molecule has 1 aliphatic rings. The number of carbonyl (C=O) groups excluding carboxylic acids is 2. The van der Waals surface area contributed by atoms with Gasteiger partial charge in [0, 0.05) is 84.9 Å². The summed E-state index contributed by atoms with van der Waals surface area (Å²) in [5.41, 5.74) is 13.5. The van der Waals surface area contributed by atoms with Gasteiger partial charge in [-0.25, -0.2) is 9.97 Å². The molecule has 37 heteroatoms. The third-order valence-corrected chi connectivity index (χ3v) is 16.4. The Bertz CT molecular complexity index is 4520. The predicted molar refractivity (Wildman–Crippen MR) is 435 cm³/mol. The summed E-state index contributed by atoms with van der Waals surface area (Å²) in [7, 11) is -24.0. The van der Waals surface area contributed by atoms with E-state index >= 15 is 0 Å². The average Bonchev–Trinajstić information content (AvgIpc) is 1.16. The molecule has 15 nitrogen and oxygen atoms in total. The number of hydrogen-bond donors (Lipinski definition) is 2. The van der Waals surface area contributed by atoms with Gasteiger partial charge in [0.15, 0.2) is 0 Å². The zero-order valence-corrected chi connectivity index (χ0v) is 68.3. The Hall–Kier alpha value is -10.9. The summed E-state index contributed by atoms with van der Waals surface area (Å²) in [6.45, 7) is 15.3. The van der Waals surface area contributed by atoms with Gasteiger partial charge in [0.2, 0.25) is 11.8 Å². The Morgan fingerprint density at radius 1 is 0.322 bits per heavy atom. The summed E-state index contributed by atoms with van der Waals surface area (Å²) in [4.78, 5) is 70.2. The Kier molecular flexibility index (Phi) is 40.3. The van der Waals surface area contributed by atoms with Gasteiger partial charge < -0.3 is 84.4 Å². The minimum Gasteiger partial charge on any atom is -0.418 e. The molecule has 2 amide bonds. The van der Waals surface area contributed by atoms with Crippen LogP contribution in [0.1, 0.15) is 112 Å². The zero-order valence-electron chi connectivity index (χ0n) is 66.1. The summed E-state index contributed by atoms with van der Waals surface area (Å²) in [6, 6.07) is 88.1. The molecule has 0 aliphatic carbocycles. The van der Waals surface area contributed by atoms with E-state index in [-0.39, 0.29) is 58.0 Å². The number of carbonyl (C=O) groups is 2. The number of hydrogen-bond acceptors (Lipinski definition) is 13. The molecule has 0 spiro atoms. The van der Waals surface area contributed by atoms with Crippen molar-refractivity contribution in [2.45, 2.75) is 92.6 Å². The molecule has 2 radical (unpaired) electrons. The monoisotopic (exact) mass is 1770 g/mol. The quantitative estimate of drug-likeness (QED) is 0.0545. The van der Waals surface area contributed by atoms with Crippen molar-refractivity contribution < 1.29 is 118 Å². The van der Waals surface area contributed by atoms with Crippen LogP contribution < -0.4 is 10.6 Å². The predicted octanol–water partition coefficient (Wildman–Crippen LogP) is 22.7. The first-order chi connectivity index (χ1) is 56.2. The van der Waals surface area contributed by atoms with Gasteiger partial charge in [-0.15, -0.1) is 0 Å². The van der Waals surface area contributed by atoms with Crippen molar-refractivity contribution in [2.75, 3.05) is 23.8 Å². The molecule has 636 valence electrons. The Balaban J connectivity index is 0.000000331. The molecule has 0 saturated carbocycles. The number of nitrogens with zero attached hydrogens (tertiary/aromatic N) is 10. The number of benzene rings is 4. The van der Waals surface area contributed by atoms with Crippen LogP contribution in [0.3, 0.4) is 0 Å². The number of nitrogens with one attached hydrogen (secondary N) is 2. The normalized spacial score (nSPS) is 11.9. The molecule has 8 aromatic heterocycles. The van der Waals surface area contributed by atoms with Gasteiger partial charge in [0.25, 0.3) is 0 Å². The molecule has 121 heavy (non-hydrogen) atoms. The second kappa shape index (κ2) is 48.5. The van der Waals surface area contributed by atoms with E-state index in [9.17, 15) is 78.6 Å². The average molecular weight is 1770 g/mol. The molecular formula is C84H84B4F16Fe2N12O3+2. The molecule has 13 rings (SSSR count). The number of rotatable bonds is 20. The van der Waals surface area contributed by atoms with Gasteiger partial charge in [-0.1, -0.05) is 211 Å². The number of halogens is 16. The standard InChI is InChI=1S/2C40H38N6O.C4H8O.4BF4.2Fe/c2*1-40(2,3)39(47)45-37-25-12-20-32(42-37)28-46(27-31-19-10-11-26-41-31)38(35-23-13-21-33(43-35)29-15-6-4-7-16-29)36-24-14-22-34(44-36)30-17-8-5-9-18-30;1-2-4-5-3-1;4*2-1(3,4)5;;/h2*4-26,38H,27-28H2,1-3H3,(H,42,45,47);1-4H2;;;;;;/q;;;4*-1;2*+3. The maximum atomic E-state index is 12.8. The molecule has 4 aromatic carbocycles. The molecular weight excluding hydrogens is 1680 g/mol. The molecule has 9 heterocycles. The molecule has 12 aromatic rings. The van der Waals surface area contributed by atoms with Crippen LogP contribution in [0.2, 0.25) is 0 Å². The van der Waals surface area contributed by atoms with Crippen LogP contribution in [0, 0.1) is 10.8 Å². The minimum atomic E-state index is -6.00. The first kappa shape index (κ1) is 101. The van der Waals surface area contributed by atoms with E-state index < -0.39 is 39.8 Å². The van der Waals surface area contributed by atoms with Crippen molar-refractivity contribution in [1.82, 2.24) is 49.7 Å². The van der Waals surface area contributed by atoms with E-state index in [1.54, 1.807) is 0 Å². The molecule has 2 N–H and O–H groups in total. The van der Waals surface area contributed by atoms with Crippen molar-refractivity contribution in [3.8, 4) is 45.0 Å². The fourth-order valence-corrected chi connectivity index (χ4v) is 11.2. The van der Waals surface area contributed by atoms with E-state index in [0.29, 0.717) is 37.8 Å². The van der Waals surface area contributed by atoms with Crippen molar-refractivity contribution in [2.24, 2.45) is 10.8 Å². The third kappa shape index (κ3) is 39.4. The summed E-state index contributed by atoms with van der Waals surface area (Å²) < 4.78 is 161. The largest absolute Gasteiger partial charge is 3.00 e. The van der Waals surface area contributed by atoms with Crippen molar-refractivity contribution in [3.05, 3.63) is 325 Å². The molecule has 0 unspecified atom stereocenters. The van der Waals surface area contributed by atoms with Crippen LogP contribution in [-0.4, -0.2) is 104 Å². The SMILES string of the molecule is C1CCOC1.CC(C)(C)C(=O)Nc1cccc(CN(Cc2ccccn2)C(c2cccc(-c3ccccc3)n2)c2cccc(-c3ccccc3)n2)n1.CC(C)(C)C(=O)Nc1cccc(CN(Cc2ccccn2)C(c2cccc(-c3ccccc3)n2)c2cccc(-c3ccccc3)n2)n1.F[B-](F)(F)F.F[B-](F)(F)F.F[B-](F)(F)F.F[B-](F)(F)F.[Fe+3].[Fe+3]. The maximum absolute atomic E-state index is 12.8. The summed E-state index contributed by atoms with van der Waals surface area (Å²) in [6.07, 6.45) is 6.18. The van der Waals surface area contributed by atoms with E-state index in [1.165, 1.54) is 12.8 Å². The van der Waals surface area contributed by atoms with Gasteiger partial charge >= 0.3 is 63.2 Å². The number of ether oxygens (including phenoxy) is 1. The third-order valence-electron chi connectivity index (χ3n) is 16.4. The molecule has 1 fully saturated rings. The first-order valence-corrected chi connectivity index (χ1v) is 37.2. The van der Waals surface area contributed by atoms with Crippen LogP contribution in [0.5, 0.6) is 0 Å². The number of pyridine rings is 8. The second-order valence-electron chi connectivity index (χ2n) is 28.2. The van der Waals surface area contributed by atoms with Crippen molar-refractivity contribution >= 4 is 52.5 Å². The van der Waals surface area contributed by atoms with Crippen LogP contribution in [0.25, 0.3) is 45.0 Å². The van der Waals surface area contributed by atoms with E-state index in [0.717, 1.165) is 104 Å². The molecule has 0 bridgehead atoms. The molecule has 1 aliphatic heterocycles. The van der Waals surface area contributed by atoms with Crippen LogP contribution in [-0.2, 0) is 74.6 Å². The van der Waals surface area contributed by atoms with Gasteiger partial charge in [0.1, 0.15) is 11.6 Å². The van der Waals surface area contributed by atoms with E-state index in [1.807, 2.05) is 224 Å². The Labute approximate surface area is 712 Å². The Morgan fingerprint density at radius 2 is 0.554 bits per heavy atom. The summed E-state index contributed by atoms with van der Waals surface area (Å²) in [5.74, 6) is 0.860. The van der Waals surface area contributed by atoms with E-state index in [2.05, 4.69) is 127 Å². The summed E-state index contributed by atoms with van der Waals surface area (Å²) in [5, 5.41) is 5.97. The fraction of sp³-hybridized carbons (Fsp3) is 0.214. The van der Waals surface area contributed by atoms with Crippen LogP contribution >= 0.6 is 0 Å². The van der Waals surface area contributed by atoms with Crippen molar-refractivity contribution in [3.63, 3.8) is 0 Å². The number of amides is 2. The minimum absolute atomic E-state index is 0. The van der Waals surface area contributed by atoms with Crippen LogP contribution in [0.15, 0.2) is 279 Å².